The third kappa shape index (κ3) is 2.90. The lowest BCUT2D eigenvalue weighted by Gasteiger charge is -2.15. The van der Waals surface area contributed by atoms with Crippen molar-refractivity contribution in [1.29, 1.82) is 0 Å². The Balaban J connectivity index is 2.06. The van der Waals surface area contributed by atoms with E-state index in [1.54, 1.807) is 12.1 Å². The van der Waals surface area contributed by atoms with E-state index in [1.165, 1.54) is 12.8 Å². The summed E-state index contributed by atoms with van der Waals surface area (Å²) in [6.07, 6.45) is 2.65. The topological polar surface area (TPSA) is 81.1 Å². The number of anilines is 2. The van der Waals surface area contributed by atoms with Crippen molar-refractivity contribution in [3.05, 3.63) is 23.8 Å². The van der Waals surface area contributed by atoms with Gasteiger partial charge < -0.3 is 16.8 Å². The number of primary amides is 1. The molecule has 1 saturated carbocycles. The first-order chi connectivity index (χ1) is 8.08. The van der Waals surface area contributed by atoms with Crippen molar-refractivity contribution in [1.82, 2.24) is 0 Å². The van der Waals surface area contributed by atoms with Crippen molar-refractivity contribution in [2.24, 2.45) is 17.6 Å². The summed E-state index contributed by atoms with van der Waals surface area (Å²) >= 11 is 0. The first-order valence-corrected chi connectivity index (χ1v) is 6.01. The van der Waals surface area contributed by atoms with Crippen molar-refractivity contribution in [2.75, 3.05) is 17.6 Å². The number of nitrogen functional groups attached to an aromatic ring is 1. The number of nitrogens with two attached hydrogens (primary N) is 2. The number of nitrogens with one attached hydrogen (secondary N) is 1. The molecular formula is C13H19N3O. The third-order valence-electron chi connectivity index (χ3n) is 3.35. The van der Waals surface area contributed by atoms with Gasteiger partial charge in [0.15, 0.2) is 0 Å². The first kappa shape index (κ1) is 11.8. The predicted octanol–water partition coefficient (Wildman–Crippen LogP) is 1.83. The van der Waals surface area contributed by atoms with E-state index in [0.717, 1.165) is 18.2 Å². The Bertz CT molecular complexity index is 427. The molecule has 0 aromatic heterocycles. The lowest BCUT2D eigenvalue weighted by molar-refractivity contribution is 0.100. The molecule has 0 radical (unpaired) electrons. The van der Waals surface area contributed by atoms with Gasteiger partial charge in [0.25, 0.3) is 5.91 Å². The highest BCUT2D eigenvalue weighted by atomic mass is 16.1. The van der Waals surface area contributed by atoms with Gasteiger partial charge in [0, 0.05) is 17.9 Å². The molecule has 17 heavy (non-hydrogen) atoms. The van der Waals surface area contributed by atoms with Crippen LogP contribution in [0, 0.1) is 11.8 Å². The van der Waals surface area contributed by atoms with Crippen LogP contribution < -0.4 is 16.8 Å². The number of hydrogen-bond donors (Lipinski definition) is 3. The fraction of sp³-hybridized carbons (Fsp3) is 0.462. The lowest BCUT2D eigenvalue weighted by Crippen LogP contribution is -2.18. The molecule has 1 atom stereocenters. The highest BCUT2D eigenvalue weighted by Gasteiger charge is 2.27. The van der Waals surface area contributed by atoms with Crippen LogP contribution in [0.4, 0.5) is 11.4 Å². The van der Waals surface area contributed by atoms with Gasteiger partial charge in [-0.05, 0) is 42.9 Å². The normalized spacial score (nSPS) is 16.5. The van der Waals surface area contributed by atoms with Crippen LogP contribution in [-0.2, 0) is 0 Å². The highest BCUT2D eigenvalue weighted by Crippen LogP contribution is 2.36. The van der Waals surface area contributed by atoms with Crippen LogP contribution in [-0.4, -0.2) is 12.5 Å². The molecule has 0 aliphatic heterocycles. The molecule has 4 heteroatoms. The summed E-state index contributed by atoms with van der Waals surface area (Å²) in [7, 11) is 0. The summed E-state index contributed by atoms with van der Waals surface area (Å²) in [6, 6.07) is 5.21. The van der Waals surface area contributed by atoms with Gasteiger partial charge in [-0.3, -0.25) is 4.79 Å². The van der Waals surface area contributed by atoms with Crippen LogP contribution in [0.3, 0.4) is 0 Å². The van der Waals surface area contributed by atoms with Gasteiger partial charge in [0.05, 0.1) is 5.56 Å². The van der Waals surface area contributed by atoms with Crippen molar-refractivity contribution < 1.29 is 4.79 Å². The Morgan fingerprint density at radius 2 is 2.24 bits per heavy atom. The van der Waals surface area contributed by atoms with E-state index in [1.807, 2.05) is 6.07 Å². The van der Waals surface area contributed by atoms with E-state index >= 15 is 0 Å². The van der Waals surface area contributed by atoms with Gasteiger partial charge in [0.2, 0.25) is 0 Å². The van der Waals surface area contributed by atoms with Gasteiger partial charge in [0.1, 0.15) is 0 Å². The molecule has 1 unspecified atom stereocenters. The molecule has 1 amide bonds. The summed E-state index contributed by atoms with van der Waals surface area (Å²) in [5.41, 5.74) is 12.8. The molecule has 0 bridgehead atoms. The molecule has 1 fully saturated rings. The molecule has 1 aromatic carbocycles. The zero-order valence-electron chi connectivity index (χ0n) is 10.1. The van der Waals surface area contributed by atoms with E-state index in [0.29, 0.717) is 17.2 Å². The van der Waals surface area contributed by atoms with E-state index in [2.05, 4.69) is 12.2 Å². The van der Waals surface area contributed by atoms with Gasteiger partial charge in [-0.15, -0.1) is 0 Å². The molecule has 1 aromatic rings. The van der Waals surface area contributed by atoms with Crippen LogP contribution >= 0.6 is 0 Å². The summed E-state index contributed by atoms with van der Waals surface area (Å²) < 4.78 is 0. The number of hydrogen-bond acceptors (Lipinski definition) is 3. The van der Waals surface area contributed by atoms with E-state index in [-0.39, 0.29) is 0 Å². The third-order valence-corrected chi connectivity index (χ3v) is 3.35. The second kappa shape index (κ2) is 4.65. The fourth-order valence-electron chi connectivity index (χ4n) is 2.02. The van der Waals surface area contributed by atoms with Crippen molar-refractivity contribution in [2.45, 2.75) is 19.8 Å². The number of carbonyl (C=O) groups excluding carboxylic acids is 1. The van der Waals surface area contributed by atoms with Crippen LogP contribution in [0.15, 0.2) is 18.2 Å². The maximum Gasteiger partial charge on any atom is 0.250 e. The Hall–Kier alpha value is -1.71. The quantitative estimate of drug-likeness (QED) is 0.678. The number of rotatable bonds is 5. The lowest BCUT2D eigenvalue weighted by atomic mass is 10.1. The van der Waals surface area contributed by atoms with Gasteiger partial charge in [-0.25, -0.2) is 0 Å². The van der Waals surface area contributed by atoms with Crippen LogP contribution in [0.2, 0.25) is 0 Å². The molecule has 2 rings (SSSR count). The second-order valence-electron chi connectivity index (χ2n) is 4.86. The van der Waals surface area contributed by atoms with E-state index < -0.39 is 5.91 Å². The van der Waals surface area contributed by atoms with E-state index in [9.17, 15) is 4.79 Å². The molecular weight excluding hydrogens is 214 g/mol. The number of benzene rings is 1. The zero-order valence-corrected chi connectivity index (χ0v) is 10.1. The minimum atomic E-state index is -0.445. The minimum absolute atomic E-state index is 0.445. The molecule has 0 saturated heterocycles. The molecule has 5 N–H and O–H groups in total. The number of amides is 1. The SMILES string of the molecule is CC(CNc1ccc(N)cc1C(N)=O)C1CC1. The van der Waals surface area contributed by atoms with Crippen LogP contribution in [0.5, 0.6) is 0 Å². The van der Waals surface area contributed by atoms with Crippen molar-refractivity contribution in [3.8, 4) is 0 Å². The molecule has 1 aliphatic carbocycles. The first-order valence-electron chi connectivity index (χ1n) is 6.01. The highest BCUT2D eigenvalue weighted by molar-refractivity contribution is 5.99. The number of carbonyl (C=O) groups is 1. The standard InChI is InChI=1S/C13H19N3O/c1-8(9-2-3-9)7-16-12-5-4-10(14)6-11(12)13(15)17/h4-6,8-9,16H,2-3,7,14H2,1H3,(H2,15,17). The fourth-order valence-corrected chi connectivity index (χ4v) is 2.02. The molecule has 92 valence electrons. The predicted molar refractivity (Wildman–Crippen MR) is 69.8 cm³/mol. The average Bonchev–Trinajstić information content (AvgIpc) is 3.10. The Kier molecular flexibility index (Phi) is 3.22. The van der Waals surface area contributed by atoms with Gasteiger partial charge >= 0.3 is 0 Å². The maximum absolute atomic E-state index is 11.3. The second-order valence-corrected chi connectivity index (χ2v) is 4.86. The summed E-state index contributed by atoms with van der Waals surface area (Å²) in [5.74, 6) is 1.03. The molecule has 4 nitrogen and oxygen atoms in total. The average molecular weight is 233 g/mol. The summed E-state index contributed by atoms with van der Waals surface area (Å²) in [5, 5.41) is 3.29. The van der Waals surface area contributed by atoms with Crippen molar-refractivity contribution in [3.63, 3.8) is 0 Å². The molecule has 0 spiro atoms. The Morgan fingerprint density at radius 3 is 2.82 bits per heavy atom. The monoisotopic (exact) mass is 233 g/mol. The Labute approximate surface area is 101 Å². The summed E-state index contributed by atoms with van der Waals surface area (Å²) in [4.78, 5) is 11.3. The van der Waals surface area contributed by atoms with Crippen LogP contribution in [0.1, 0.15) is 30.1 Å². The maximum atomic E-state index is 11.3. The van der Waals surface area contributed by atoms with Gasteiger partial charge in [-0.1, -0.05) is 6.92 Å². The zero-order chi connectivity index (χ0) is 12.4. The van der Waals surface area contributed by atoms with Gasteiger partial charge in [-0.2, -0.15) is 0 Å². The van der Waals surface area contributed by atoms with Crippen molar-refractivity contribution >= 4 is 17.3 Å². The van der Waals surface area contributed by atoms with Crippen LogP contribution in [0.25, 0.3) is 0 Å². The summed E-state index contributed by atoms with van der Waals surface area (Å²) in [6.45, 7) is 3.10. The smallest absolute Gasteiger partial charge is 0.250 e. The van der Waals surface area contributed by atoms with E-state index in [4.69, 9.17) is 11.5 Å². The Morgan fingerprint density at radius 1 is 1.53 bits per heavy atom. The molecule has 1 aliphatic rings. The largest absolute Gasteiger partial charge is 0.399 e. The molecule has 0 heterocycles. The minimum Gasteiger partial charge on any atom is -0.399 e.